The minimum atomic E-state index is -0.335. The quantitative estimate of drug-likeness (QED) is 0.0504. The zero-order valence-electron chi connectivity index (χ0n) is 28.4. The van der Waals surface area contributed by atoms with Crippen LogP contribution < -0.4 is 9.47 Å². The Morgan fingerprint density at radius 1 is 1.04 bits per heavy atom. The van der Waals surface area contributed by atoms with Crippen molar-refractivity contribution in [2.75, 3.05) is 20.3 Å². The lowest BCUT2D eigenvalue weighted by atomic mass is 9.97. The fraction of sp³-hybridized carbons (Fsp3) is 0.300. The molecule has 0 saturated carbocycles. The minimum absolute atomic E-state index is 0.293. The second kappa shape index (κ2) is 15.1. The number of fused-ring (bicyclic) bond motifs is 3. The summed E-state index contributed by atoms with van der Waals surface area (Å²) < 4.78 is 21.5. The predicted octanol–water partition coefficient (Wildman–Crippen LogP) is 10.2. The molecule has 0 radical (unpaired) electrons. The molecule has 0 saturated heterocycles. The summed E-state index contributed by atoms with van der Waals surface area (Å²) in [5, 5.41) is 9.37. The maximum absolute atomic E-state index is 13.5. The SMILES string of the molecule is CCOC(=O)c1c(CCCOc2cc(SCc3ccc(OC)cc3)cc3ccccc23)c2ccc(Cl)c(-c3c(CBr)nn4c3CCC4)c2n1C. The Balaban J connectivity index is 1.17. The number of alkyl halides is 1. The van der Waals surface area contributed by atoms with Gasteiger partial charge in [-0.05, 0) is 79.5 Å². The van der Waals surface area contributed by atoms with Gasteiger partial charge in [0.25, 0.3) is 0 Å². The molecule has 4 aromatic carbocycles. The molecule has 10 heteroatoms. The van der Waals surface area contributed by atoms with Crippen LogP contribution in [0.25, 0.3) is 32.8 Å². The highest BCUT2D eigenvalue weighted by Crippen LogP contribution is 2.44. The van der Waals surface area contributed by atoms with Gasteiger partial charge in [-0.15, -0.1) is 11.8 Å². The van der Waals surface area contributed by atoms with Gasteiger partial charge in [0.1, 0.15) is 17.2 Å². The van der Waals surface area contributed by atoms with Gasteiger partial charge < -0.3 is 18.8 Å². The van der Waals surface area contributed by atoms with Crippen molar-refractivity contribution in [3.63, 3.8) is 0 Å². The summed E-state index contributed by atoms with van der Waals surface area (Å²) >= 11 is 12.5. The molecular formula is C40H39BrClN3O4S. The number of ether oxygens (including phenoxy) is 3. The van der Waals surface area contributed by atoms with Crippen LogP contribution in [0.3, 0.4) is 0 Å². The van der Waals surface area contributed by atoms with Crippen LogP contribution >= 0.6 is 39.3 Å². The number of aromatic nitrogens is 3. The van der Waals surface area contributed by atoms with E-state index in [2.05, 4.69) is 63.1 Å². The third-order valence-corrected chi connectivity index (χ3v) is 11.3. The van der Waals surface area contributed by atoms with Gasteiger partial charge in [-0.25, -0.2) is 4.79 Å². The van der Waals surface area contributed by atoms with E-state index in [4.69, 9.17) is 30.9 Å². The van der Waals surface area contributed by atoms with E-state index in [-0.39, 0.29) is 5.97 Å². The first-order valence-corrected chi connectivity index (χ1v) is 19.4. The Morgan fingerprint density at radius 3 is 2.64 bits per heavy atom. The van der Waals surface area contributed by atoms with Crippen LogP contribution in [0.15, 0.2) is 77.7 Å². The molecule has 258 valence electrons. The summed E-state index contributed by atoms with van der Waals surface area (Å²) in [6, 6.07) is 24.9. The maximum Gasteiger partial charge on any atom is 0.355 e. The molecule has 0 N–H and O–H groups in total. The number of halogens is 2. The number of nitrogens with zero attached hydrogens (tertiary/aromatic N) is 3. The Bertz CT molecular complexity index is 2190. The van der Waals surface area contributed by atoms with E-state index in [1.54, 1.807) is 18.9 Å². The summed E-state index contributed by atoms with van der Waals surface area (Å²) in [5.41, 5.74) is 7.79. The highest BCUT2D eigenvalue weighted by molar-refractivity contribution is 9.08. The molecular weight excluding hydrogens is 734 g/mol. The van der Waals surface area contributed by atoms with E-state index in [9.17, 15) is 4.79 Å². The van der Waals surface area contributed by atoms with Gasteiger partial charge in [0.15, 0.2) is 0 Å². The number of aryl methyl sites for hydroxylation is 3. The van der Waals surface area contributed by atoms with Gasteiger partial charge in [0, 0.05) is 57.2 Å². The molecule has 0 bridgehead atoms. The summed E-state index contributed by atoms with van der Waals surface area (Å²) in [6.45, 7) is 3.51. The molecule has 0 aliphatic carbocycles. The largest absolute Gasteiger partial charge is 0.497 e. The normalized spacial score (nSPS) is 12.5. The van der Waals surface area contributed by atoms with Gasteiger partial charge in [0.05, 0.1) is 36.6 Å². The van der Waals surface area contributed by atoms with E-state index in [1.165, 1.54) is 11.3 Å². The lowest BCUT2D eigenvalue weighted by Gasteiger charge is -2.13. The molecule has 0 atom stereocenters. The lowest BCUT2D eigenvalue weighted by molar-refractivity contribution is 0.0514. The fourth-order valence-corrected chi connectivity index (χ4v) is 8.66. The van der Waals surface area contributed by atoms with Gasteiger partial charge >= 0.3 is 5.97 Å². The highest BCUT2D eigenvalue weighted by Gasteiger charge is 2.30. The number of esters is 1. The first kappa shape index (κ1) is 34.5. The number of methoxy groups -OCH3 is 1. The number of rotatable bonds is 13. The smallest absolute Gasteiger partial charge is 0.355 e. The summed E-state index contributed by atoms with van der Waals surface area (Å²) in [6.07, 6.45) is 3.33. The Labute approximate surface area is 310 Å². The molecule has 1 aliphatic heterocycles. The predicted molar refractivity (Wildman–Crippen MR) is 206 cm³/mol. The summed E-state index contributed by atoms with van der Waals surface area (Å²) in [7, 11) is 3.62. The Morgan fingerprint density at radius 2 is 1.86 bits per heavy atom. The number of hydrogen-bond donors (Lipinski definition) is 0. The van der Waals surface area contributed by atoms with Crippen LogP contribution in [0.2, 0.25) is 5.02 Å². The third kappa shape index (κ3) is 6.63. The van der Waals surface area contributed by atoms with E-state index in [0.717, 1.165) is 85.6 Å². The van der Waals surface area contributed by atoms with Crippen LogP contribution in [0.4, 0.5) is 0 Å². The third-order valence-electron chi connectivity index (χ3n) is 9.36. The number of carbonyl (C=O) groups is 1. The Hall–Kier alpha value is -3.92. The minimum Gasteiger partial charge on any atom is -0.497 e. The molecule has 7 nitrogen and oxygen atoms in total. The van der Waals surface area contributed by atoms with Crippen LogP contribution in [-0.4, -0.2) is 40.6 Å². The first-order chi connectivity index (χ1) is 24.4. The number of thioether (sulfide) groups is 1. The number of benzene rings is 4. The van der Waals surface area contributed by atoms with Crippen molar-refractivity contribution in [1.82, 2.24) is 14.3 Å². The fourth-order valence-electron chi connectivity index (χ4n) is 7.09. The molecule has 2 aromatic heterocycles. The number of hydrogen-bond acceptors (Lipinski definition) is 6. The van der Waals surface area contributed by atoms with Crippen molar-refractivity contribution >= 4 is 66.9 Å². The topological polar surface area (TPSA) is 67.5 Å². The van der Waals surface area contributed by atoms with Gasteiger partial charge in [0.2, 0.25) is 0 Å². The van der Waals surface area contributed by atoms with E-state index < -0.39 is 0 Å². The zero-order valence-corrected chi connectivity index (χ0v) is 31.6. The first-order valence-electron chi connectivity index (χ1n) is 16.9. The average molecular weight is 773 g/mol. The second-order valence-electron chi connectivity index (χ2n) is 12.4. The van der Waals surface area contributed by atoms with Crippen LogP contribution in [-0.2, 0) is 42.3 Å². The van der Waals surface area contributed by atoms with E-state index >= 15 is 0 Å². The molecule has 50 heavy (non-hydrogen) atoms. The standard InChI is InChI=1S/C40H39BrClN3O4S/c1-4-48-40(46)39-30(31-17-18-32(42)36(38(31)44(39)2)37-33(23-41)43-45-19-7-12-34(37)45)11-8-20-49-35-22-28(21-26-9-5-6-10-29(26)35)50-24-25-13-15-27(47-3)16-14-25/h5-6,9-10,13-18,21-22H,4,7-8,11-12,19-20,23-24H2,1-3H3. The molecule has 7 rings (SSSR count). The molecule has 0 fully saturated rings. The lowest BCUT2D eigenvalue weighted by Crippen LogP contribution is -2.13. The van der Waals surface area contributed by atoms with E-state index in [0.29, 0.717) is 42.1 Å². The molecule has 3 heterocycles. The van der Waals surface area contributed by atoms with Crippen LogP contribution in [0.5, 0.6) is 11.5 Å². The molecule has 6 aromatic rings. The second-order valence-corrected chi connectivity index (χ2v) is 14.4. The van der Waals surface area contributed by atoms with Crippen molar-refractivity contribution in [2.24, 2.45) is 7.05 Å². The monoisotopic (exact) mass is 771 g/mol. The highest BCUT2D eigenvalue weighted by atomic mass is 79.9. The van der Waals surface area contributed by atoms with Gasteiger partial charge in [-0.1, -0.05) is 70.0 Å². The Kier molecular flexibility index (Phi) is 10.4. The van der Waals surface area contributed by atoms with Crippen LogP contribution in [0, 0.1) is 0 Å². The van der Waals surface area contributed by atoms with Crippen molar-refractivity contribution in [1.29, 1.82) is 0 Å². The summed E-state index contributed by atoms with van der Waals surface area (Å²) in [5.74, 6) is 2.21. The summed E-state index contributed by atoms with van der Waals surface area (Å²) in [4.78, 5) is 14.7. The maximum atomic E-state index is 13.5. The average Bonchev–Trinajstić information content (AvgIpc) is 3.81. The molecule has 0 unspecified atom stereocenters. The molecule has 0 spiro atoms. The molecule has 1 aliphatic rings. The van der Waals surface area contributed by atoms with Crippen molar-refractivity contribution in [3.05, 3.63) is 106 Å². The zero-order chi connectivity index (χ0) is 34.8. The van der Waals surface area contributed by atoms with E-state index in [1.807, 2.05) is 48.9 Å². The number of carbonyl (C=O) groups excluding carboxylic acids is 1. The molecule has 0 amide bonds. The van der Waals surface area contributed by atoms with Crippen molar-refractivity contribution < 1.29 is 19.0 Å². The van der Waals surface area contributed by atoms with Gasteiger partial charge in [-0.2, -0.15) is 5.10 Å². The van der Waals surface area contributed by atoms with Crippen molar-refractivity contribution in [3.8, 4) is 22.6 Å². The van der Waals surface area contributed by atoms with Crippen LogP contribution in [0.1, 0.15) is 52.8 Å². The van der Waals surface area contributed by atoms with Gasteiger partial charge in [-0.3, -0.25) is 4.68 Å². The van der Waals surface area contributed by atoms with Crippen molar-refractivity contribution in [2.45, 2.75) is 55.1 Å².